The van der Waals surface area contributed by atoms with Crippen molar-refractivity contribution >= 4 is 16.9 Å². The number of carbonyl (C=O) groups is 1. The van der Waals surface area contributed by atoms with Gasteiger partial charge in [-0.1, -0.05) is 23.4 Å². The summed E-state index contributed by atoms with van der Waals surface area (Å²) in [5.74, 6) is 1.61. The first-order valence-corrected chi connectivity index (χ1v) is 10.3. The normalized spacial score (nSPS) is 10.9. The van der Waals surface area contributed by atoms with Crippen molar-refractivity contribution in [2.45, 2.75) is 6.61 Å². The van der Waals surface area contributed by atoms with Crippen LogP contribution in [0.4, 0.5) is 0 Å². The van der Waals surface area contributed by atoms with Gasteiger partial charge in [0.1, 0.15) is 17.2 Å². The zero-order valence-electron chi connectivity index (χ0n) is 18.3. The molecule has 0 saturated heterocycles. The van der Waals surface area contributed by atoms with Crippen molar-refractivity contribution in [2.24, 2.45) is 0 Å². The summed E-state index contributed by atoms with van der Waals surface area (Å²) in [6.45, 7) is -0.197. The Bertz CT molecular complexity index is 1460. The number of fused-ring (bicyclic) bond motifs is 1. The van der Waals surface area contributed by atoms with Gasteiger partial charge in [-0.25, -0.2) is 9.78 Å². The number of furan rings is 1. The molecule has 3 aromatic heterocycles. The van der Waals surface area contributed by atoms with Gasteiger partial charge in [0, 0.05) is 11.5 Å². The van der Waals surface area contributed by atoms with Crippen LogP contribution < -0.4 is 9.47 Å². The zero-order valence-corrected chi connectivity index (χ0v) is 18.3. The predicted octanol–water partition coefficient (Wildman–Crippen LogP) is 4.92. The van der Waals surface area contributed by atoms with E-state index >= 15 is 0 Å². The number of carbonyl (C=O) groups excluding carboxylic acids is 1. The van der Waals surface area contributed by atoms with Crippen LogP contribution >= 0.6 is 0 Å². The molecule has 170 valence electrons. The molecule has 0 aliphatic rings. The van der Waals surface area contributed by atoms with Crippen LogP contribution in [0.25, 0.3) is 33.7 Å². The Morgan fingerprint density at radius 3 is 2.65 bits per heavy atom. The molecule has 0 spiro atoms. The molecule has 0 amide bonds. The fourth-order valence-corrected chi connectivity index (χ4v) is 3.51. The van der Waals surface area contributed by atoms with E-state index in [0.29, 0.717) is 50.8 Å². The predicted molar refractivity (Wildman–Crippen MR) is 121 cm³/mol. The molecule has 0 atom stereocenters. The van der Waals surface area contributed by atoms with Gasteiger partial charge in [0.05, 0.1) is 37.1 Å². The lowest BCUT2D eigenvalue weighted by atomic mass is 10.1. The van der Waals surface area contributed by atoms with Gasteiger partial charge >= 0.3 is 5.97 Å². The summed E-state index contributed by atoms with van der Waals surface area (Å²) in [5.41, 5.74) is 2.15. The van der Waals surface area contributed by atoms with Gasteiger partial charge in [-0.2, -0.15) is 4.98 Å². The number of ether oxygens (including phenoxy) is 3. The van der Waals surface area contributed by atoms with Crippen LogP contribution in [0.5, 0.6) is 11.5 Å². The average molecular weight is 457 g/mol. The molecule has 9 nitrogen and oxygen atoms in total. The smallest absolute Gasteiger partial charge is 0.339 e. The van der Waals surface area contributed by atoms with Gasteiger partial charge in [0.25, 0.3) is 5.89 Å². The Morgan fingerprint density at radius 2 is 1.85 bits per heavy atom. The highest BCUT2D eigenvalue weighted by atomic mass is 16.6. The van der Waals surface area contributed by atoms with Crippen molar-refractivity contribution in [2.75, 3.05) is 14.2 Å². The number of methoxy groups -OCH3 is 2. The number of rotatable bonds is 7. The third-order valence-corrected chi connectivity index (χ3v) is 5.15. The second-order valence-corrected chi connectivity index (χ2v) is 7.20. The standard InChI is InChI=1S/C25H19N3O6/c1-30-15-9-10-17(22(12-15)31-2)24-27-23(34-28-24)14-33-25(29)18-13-20(21-8-5-11-32-21)26-19-7-4-3-6-16(18)19/h3-13H,14H2,1-2H3. The summed E-state index contributed by atoms with van der Waals surface area (Å²) in [6.07, 6.45) is 1.55. The number of hydrogen-bond acceptors (Lipinski definition) is 9. The van der Waals surface area contributed by atoms with E-state index in [-0.39, 0.29) is 12.5 Å². The molecule has 3 heterocycles. The summed E-state index contributed by atoms with van der Waals surface area (Å²) in [5, 5.41) is 4.64. The molecule has 0 bridgehead atoms. The van der Waals surface area contributed by atoms with Gasteiger partial charge in [-0.15, -0.1) is 0 Å². The Balaban J connectivity index is 1.38. The van der Waals surface area contributed by atoms with E-state index in [1.807, 2.05) is 24.3 Å². The summed E-state index contributed by atoms with van der Waals surface area (Å²) in [7, 11) is 3.11. The van der Waals surface area contributed by atoms with Crippen LogP contribution in [-0.4, -0.2) is 35.3 Å². The molecule has 0 saturated carbocycles. The fraction of sp³-hybridized carbons (Fsp3) is 0.120. The molecule has 5 aromatic rings. The molecular weight excluding hydrogens is 438 g/mol. The molecule has 5 rings (SSSR count). The van der Waals surface area contributed by atoms with E-state index in [1.165, 1.54) is 7.11 Å². The average Bonchev–Trinajstić information content (AvgIpc) is 3.59. The maximum absolute atomic E-state index is 13.0. The number of nitrogens with zero attached hydrogens (tertiary/aromatic N) is 3. The molecule has 34 heavy (non-hydrogen) atoms. The number of esters is 1. The molecule has 9 heteroatoms. The van der Waals surface area contributed by atoms with E-state index < -0.39 is 5.97 Å². The van der Waals surface area contributed by atoms with Crippen LogP contribution in [-0.2, 0) is 11.3 Å². The highest BCUT2D eigenvalue weighted by Gasteiger charge is 2.19. The van der Waals surface area contributed by atoms with Crippen molar-refractivity contribution in [3.05, 3.63) is 78.4 Å². The first-order valence-electron chi connectivity index (χ1n) is 10.3. The van der Waals surface area contributed by atoms with E-state index in [2.05, 4.69) is 15.1 Å². The Kier molecular flexibility index (Phi) is 5.65. The first kappa shape index (κ1) is 21.2. The molecular formula is C25H19N3O6. The van der Waals surface area contributed by atoms with Crippen LogP contribution in [0.15, 0.2) is 75.9 Å². The quantitative estimate of drug-likeness (QED) is 0.315. The van der Waals surface area contributed by atoms with Gasteiger partial charge in [0.15, 0.2) is 12.4 Å². The zero-order chi connectivity index (χ0) is 23.5. The molecule has 2 aromatic carbocycles. The molecule has 0 aliphatic carbocycles. The Labute approximate surface area is 193 Å². The van der Waals surface area contributed by atoms with E-state index in [1.54, 1.807) is 49.8 Å². The van der Waals surface area contributed by atoms with E-state index in [4.69, 9.17) is 23.2 Å². The van der Waals surface area contributed by atoms with Crippen LogP contribution in [0, 0.1) is 0 Å². The minimum absolute atomic E-state index is 0.144. The maximum Gasteiger partial charge on any atom is 0.339 e. The van der Waals surface area contributed by atoms with Crippen LogP contribution in [0.3, 0.4) is 0 Å². The lowest BCUT2D eigenvalue weighted by Gasteiger charge is -2.08. The number of para-hydroxylation sites is 1. The Hall–Kier alpha value is -4.66. The lowest BCUT2D eigenvalue weighted by molar-refractivity contribution is 0.0432. The molecule has 0 N–H and O–H groups in total. The largest absolute Gasteiger partial charge is 0.497 e. The molecule has 0 unspecified atom stereocenters. The number of hydrogen-bond donors (Lipinski definition) is 0. The Morgan fingerprint density at radius 1 is 0.971 bits per heavy atom. The topological polar surface area (TPSA) is 110 Å². The summed E-state index contributed by atoms with van der Waals surface area (Å²) >= 11 is 0. The second kappa shape index (κ2) is 9.07. The lowest BCUT2D eigenvalue weighted by Crippen LogP contribution is -2.07. The highest BCUT2D eigenvalue weighted by molar-refractivity contribution is 6.04. The van der Waals surface area contributed by atoms with Crippen molar-refractivity contribution in [1.29, 1.82) is 0 Å². The summed E-state index contributed by atoms with van der Waals surface area (Å²) in [4.78, 5) is 21.9. The summed E-state index contributed by atoms with van der Waals surface area (Å²) in [6, 6.07) is 17.7. The monoisotopic (exact) mass is 457 g/mol. The second-order valence-electron chi connectivity index (χ2n) is 7.20. The number of aromatic nitrogens is 3. The van der Waals surface area contributed by atoms with Gasteiger partial charge in [-0.05, 0) is 36.4 Å². The van der Waals surface area contributed by atoms with Gasteiger partial charge < -0.3 is 23.2 Å². The minimum Gasteiger partial charge on any atom is -0.497 e. The van der Waals surface area contributed by atoms with Crippen molar-refractivity contribution < 1.29 is 27.9 Å². The van der Waals surface area contributed by atoms with Gasteiger partial charge in [-0.3, -0.25) is 0 Å². The third kappa shape index (κ3) is 4.06. The first-order chi connectivity index (χ1) is 16.7. The molecule has 0 fully saturated rings. The van der Waals surface area contributed by atoms with E-state index in [0.717, 1.165) is 0 Å². The van der Waals surface area contributed by atoms with Gasteiger partial charge in [0.2, 0.25) is 5.82 Å². The molecule has 0 aliphatic heterocycles. The van der Waals surface area contributed by atoms with Crippen molar-refractivity contribution in [3.63, 3.8) is 0 Å². The van der Waals surface area contributed by atoms with Crippen molar-refractivity contribution in [1.82, 2.24) is 15.1 Å². The molecule has 0 radical (unpaired) electrons. The maximum atomic E-state index is 13.0. The number of pyridine rings is 1. The fourth-order valence-electron chi connectivity index (χ4n) is 3.51. The van der Waals surface area contributed by atoms with Crippen molar-refractivity contribution in [3.8, 4) is 34.3 Å². The highest BCUT2D eigenvalue weighted by Crippen LogP contribution is 2.32. The van der Waals surface area contributed by atoms with Crippen LogP contribution in [0.2, 0.25) is 0 Å². The summed E-state index contributed by atoms with van der Waals surface area (Å²) < 4.78 is 26.8. The SMILES string of the molecule is COc1ccc(-c2noc(COC(=O)c3cc(-c4ccco4)nc4ccccc34)n2)c(OC)c1. The minimum atomic E-state index is -0.548. The van der Waals surface area contributed by atoms with Crippen LogP contribution in [0.1, 0.15) is 16.2 Å². The third-order valence-electron chi connectivity index (χ3n) is 5.15. The number of benzene rings is 2. The van der Waals surface area contributed by atoms with E-state index in [9.17, 15) is 4.79 Å².